The molecule has 114 valence electrons. The van der Waals surface area contributed by atoms with Crippen LogP contribution in [0.3, 0.4) is 0 Å². The monoisotopic (exact) mass is 305 g/mol. The second-order valence-corrected chi connectivity index (χ2v) is 6.10. The molecule has 0 saturated carbocycles. The van der Waals surface area contributed by atoms with Crippen LogP contribution in [0.1, 0.15) is 55.3 Å². The molecular weight excluding hydrogens is 282 g/mol. The van der Waals surface area contributed by atoms with Crippen molar-refractivity contribution in [3.63, 3.8) is 0 Å². The minimum absolute atomic E-state index is 0.127. The average Bonchev–Trinajstić information content (AvgIpc) is 2.97. The molecule has 2 rings (SSSR count). The molecule has 5 heteroatoms. The molecule has 0 bridgehead atoms. The third-order valence-electron chi connectivity index (χ3n) is 3.32. The Bertz CT molecular complexity index is 551. The lowest BCUT2D eigenvalue weighted by molar-refractivity contribution is 0.317. The maximum Gasteiger partial charge on any atom is 0.119 e. The Morgan fingerprint density at radius 1 is 1.24 bits per heavy atom. The number of nitrogens with zero attached hydrogens (tertiary/aromatic N) is 2. The molecular formula is C16H23N3OS. The summed E-state index contributed by atoms with van der Waals surface area (Å²) in [5.74, 6) is 1.30. The van der Waals surface area contributed by atoms with E-state index >= 15 is 0 Å². The molecule has 0 amide bonds. The SMILES string of the molecule is CCCOc1ccc(C(NC)c2snnc2C(C)C)cc1. The van der Waals surface area contributed by atoms with Crippen molar-refractivity contribution in [3.8, 4) is 5.75 Å². The lowest BCUT2D eigenvalue weighted by atomic mass is 10.0. The third-order valence-corrected chi connectivity index (χ3v) is 4.13. The molecule has 4 nitrogen and oxygen atoms in total. The maximum atomic E-state index is 5.63. The molecule has 0 fully saturated rings. The van der Waals surface area contributed by atoms with E-state index < -0.39 is 0 Å². The van der Waals surface area contributed by atoms with E-state index in [1.165, 1.54) is 22.0 Å². The number of rotatable bonds is 7. The van der Waals surface area contributed by atoms with Gasteiger partial charge in [0.25, 0.3) is 0 Å². The number of aromatic nitrogens is 2. The van der Waals surface area contributed by atoms with Crippen molar-refractivity contribution < 1.29 is 4.74 Å². The molecule has 0 aliphatic heterocycles. The minimum Gasteiger partial charge on any atom is -0.494 e. The zero-order valence-electron chi connectivity index (χ0n) is 13.1. The highest BCUT2D eigenvalue weighted by atomic mass is 32.1. The molecule has 1 atom stereocenters. The van der Waals surface area contributed by atoms with E-state index in [9.17, 15) is 0 Å². The van der Waals surface area contributed by atoms with Gasteiger partial charge >= 0.3 is 0 Å². The van der Waals surface area contributed by atoms with Crippen molar-refractivity contribution in [1.82, 2.24) is 14.9 Å². The van der Waals surface area contributed by atoms with Gasteiger partial charge in [-0.05, 0) is 48.6 Å². The largest absolute Gasteiger partial charge is 0.494 e. The van der Waals surface area contributed by atoms with Crippen LogP contribution >= 0.6 is 11.5 Å². The Labute approximate surface area is 130 Å². The predicted octanol–water partition coefficient (Wildman–Crippen LogP) is 3.76. The topological polar surface area (TPSA) is 47.0 Å². The smallest absolute Gasteiger partial charge is 0.119 e. The Kier molecular flexibility index (Phi) is 5.70. The van der Waals surface area contributed by atoms with Crippen LogP contribution in [-0.2, 0) is 0 Å². The van der Waals surface area contributed by atoms with Crippen molar-refractivity contribution in [1.29, 1.82) is 0 Å². The first-order valence-corrected chi connectivity index (χ1v) is 8.16. The Hall–Kier alpha value is -1.46. The van der Waals surface area contributed by atoms with Gasteiger partial charge in [0.1, 0.15) is 5.75 Å². The van der Waals surface area contributed by atoms with Gasteiger partial charge in [-0.2, -0.15) is 0 Å². The van der Waals surface area contributed by atoms with Gasteiger partial charge in [0.2, 0.25) is 0 Å². The van der Waals surface area contributed by atoms with Crippen LogP contribution in [-0.4, -0.2) is 23.2 Å². The number of hydrogen-bond donors (Lipinski definition) is 1. The molecule has 0 spiro atoms. The van der Waals surface area contributed by atoms with E-state index in [1.807, 2.05) is 19.2 Å². The normalized spacial score (nSPS) is 12.6. The molecule has 1 heterocycles. The quantitative estimate of drug-likeness (QED) is 0.846. The number of ether oxygens (including phenoxy) is 1. The summed E-state index contributed by atoms with van der Waals surface area (Å²) in [4.78, 5) is 1.19. The van der Waals surface area contributed by atoms with Crippen LogP contribution < -0.4 is 10.1 Å². The van der Waals surface area contributed by atoms with E-state index in [1.54, 1.807) is 0 Å². The van der Waals surface area contributed by atoms with E-state index in [0.717, 1.165) is 24.5 Å². The molecule has 0 radical (unpaired) electrons. The summed E-state index contributed by atoms with van der Waals surface area (Å²) >= 11 is 1.47. The van der Waals surface area contributed by atoms with Crippen LogP contribution in [0.25, 0.3) is 0 Å². The highest BCUT2D eigenvalue weighted by molar-refractivity contribution is 7.05. The first kappa shape index (κ1) is 15.9. The lowest BCUT2D eigenvalue weighted by Crippen LogP contribution is -2.18. The summed E-state index contributed by atoms with van der Waals surface area (Å²) in [7, 11) is 1.97. The van der Waals surface area contributed by atoms with Gasteiger partial charge in [-0.1, -0.05) is 37.4 Å². The summed E-state index contributed by atoms with van der Waals surface area (Å²) in [6, 6.07) is 8.39. The van der Waals surface area contributed by atoms with Crippen LogP contribution in [0.2, 0.25) is 0 Å². The number of benzene rings is 1. The number of nitrogens with one attached hydrogen (secondary N) is 1. The van der Waals surface area contributed by atoms with Crippen LogP contribution in [0.15, 0.2) is 24.3 Å². The fraction of sp³-hybridized carbons (Fsp3) is 0.500. The van der Waals surface area contributed by atoms with Crippen molar-refractivity contribution in [2.75, 3.05) is 13.7 Å². The molecule has 1 N–H and O–H groups in total. The third kappa shape index (κ3) is 3.80. The highest BCUT2D eigenvalue weighted by Gasteiger charge is 2.21. The van der Waals surface area contributed by atoms with E-state index in [2.05, 4.69) is 47.8 Å². The molecule has 21 heavy (non-hydrogen) atoms. The Morgan fingerprint density at radius 3 is 2.52 bits per heavy atom. The van der Waals surface area contributed by atoms with Crippen molar-refractivity contribution in [3.05, 3.63) is 40.4 Å². The second-order valence-electron chi connectivity index (χ2n) is 5.32. The average molecular weight is 305 g/mol. The maximum absolute atomic E-state index is 5.63. The molecule has 1 unspecified atom stereocenters. The lowest BCUT2D eigenvalue weighted by Gasteiger charge is -2.17. The predicted molar refractivity (Wildman–Crippen MR) is 87.1 cm³/mol. The zero-order valence-corrected chi connectivity index (χ0v) is 13.9. The Morgan fingerprint density at radius 2 is 1.95 bits per heavy atom. The van der Waals surface area contributed by atoms with E-state index in [0.29, 0.717) is 5.92 Å². The zero-order chi connectivity index (χ0) is 15.2. The fourth-order valence-corrected chi connectivity index (χ4v) is 3.18. The molecule has 1 aromatic carbocycles. The molecule has 0 aliphatic carbocycles. The van der Waals surface area contributed by atoms with Gasteiger partial charge in [-0.15, -0.1) is 5.10 Å². The molecule has 0 saturated heterocycles. The van der Waals surface area contributed by atoms with Gasteiger partial charge in [0, 0.05) is 0 Å². The summed E-state index contributed by atoms with van der Waals surface area (Å²) in [5.41, 5.74) is 2.28. The van der Waals surface area contributed by atoms with Gasteiger partial charge in [0.05, 0.1) is 23.2 Å². The van der Waals surface area contributed by atoms with Crippen molar-refractivity contribution in [2.45, 2.75) is 39.2 Å². The molecule has 2 aromatic rings. The van der Waals surface area contributed by atoms with Crippen molar-refractivity contribution >= 4 is 11.5 Å². The van der Waals surface area contributed by atoms with E-state index in [4.69, 9.17) is 4.74 Å². The summed E-state index contributed by atoms with van der Waals surface area (Å²) in [6.07, 6.45) is 1.02. The summed E-state index contributed by atoms with van der Waals surface area (Å²) < 4.78 is 9.76. The van der Waals surface area contributed by atoms with Gasteiger partial charge in [0.15, 0.2) is 0 Å². The minimum atomic E-state index is 0.127. The second kappa shape index (κ2) is 7.52. The van der Waals surface area contributed by atoms with Crippen molar-refractivity contribution in [2.24, 2.45) is 0 Å². The van der Waals surface area contributed by atoms with E-state index in [-0.39, 0.29) is 6.04 Å². The number of hydrogen-bond acceptors (Lipinski definition) is 5. The van der Waals surface area contributed by atoms with Crippen LogP contribution in [0, 0.1) is 0 Å². The van der Waals surface area contributed by atoms with Gasteiger partial charge < -0.3 is 10.1 Å². The first-order chi connectivity index (χ1) is 10.2. The molecule has 0 aliphatic rings. The summed E-state index contributed by atoms with van der Waals surface area (Å²) in [5, 5.41) is 7.64. The summed E-state index contributed by atoms with van der Waals surface area (Å²) in [6.45, 7) is 7.16. The standard InChI is InChI=1S/C16H23N3OS/c1-5-10-20-13-8-6-12(7-9-13)15(17-4)16-14(11(2)3)18-19-21-16/h6-9,11,15,17H,5,10H2,1-4H3. The van der Waals surface area contributed by atoms with Gasteiger partial charge in [-0.3, -0.25) is 0 Å². The Balaban J connectivity index is 2.23. The van der Waals surface area contributed by atoms with Crippen LogP contribution in [0.4, 0.5) is 0 Å². The molecule has 1 aromatic heterocycles. The van der Waals surface area contributed by atoms with Crippen LogP contribution in [0.5, 0.6) is 5.75 Å². The first-order valence-electron chi connectivity index (χ1n) is 7.39. The fourth-order valence-electron chi connectivity index (χ4n) is 2.23. The highest BCUT2D eigenvalue weighted by Crippen LogP contribution is 2.31. The van der Waals surface area contributed by atoms with Gasteiger partial charge in [-0.25, -0.2) is 0 Å².